The van der Waals surface area contributed by atoms with Gasteiger partial charge in [-0.1, -0.05) is 6.07 Å². The lowest BCUT2D eigenvalue weighted by atomic mass is 10.3. The molecule has 0 saturated carbocycles. The van der Waals surface area contributed by atoms with Gasteiger partial charge in [0.05, 0.1) is 0 Å². The number of nitrogens with zero attached hydrogens (tertiary/aromatic N) is 1. The number of nitrogens with one attached hydrogen (secondary N) is 2. The van der Waals surface area contributed by atoms with Gasteiger partial charge in [-0.3, -0.25) is 5.32 Å². The van der Waals surface area contributed by atoms with Crippen LogP contribution in [0.4, 0.5) is 10.6 Å². The molecule has 0 aliphatic heterocycles. The summed E-state index contributed by atoms with van der Waals surface area (Å²) in [4.78, 5) is 15.2. The van der Waals surface area contributed by atoms with Gasteiger partial charge in [-0.25, -0.2) is 9.78 Å². The zero-order valence-electron chi connectivity index (χ0n) is 8.08. The van der Waals surface area contributed by atoms with Crippen molar-refractivity contribution in [3.8, 4) is 0 Å². The van der Waals surface area contributed by atoms with E-state index >= 15 is 0 Å². The van der Waals surface area contributed by atoms with Crippen LogP contribution in [0, 0.1) is 6.92 Å². The summed E-state index contributed by atoms with van der Waals surface area (Å²) < 4.78 is 0. The minimum atomic E-state index is -0.285. The Morgan fingerprint density at radius 2 is 2.36 bits per heavy atom. The van der Waals surface area contributed by atoms with E-state index in [1.807, 2.05) is 13.0 Å². The average Bonchev–Trinajstić information content (AvgIpc) is 2.18. The maximum atomic E-state index is 11.1. The minimum absolute atomic E-state index is 0.285. The first-order valence-corrected chi connectivity index (χ1v) is 4.40. The lowest BCUT2D eigenvalue weighted by molar-refractivity contribution is 0.252. The molecule has 0 radical (unpaired) electrons. The zero-order valence-corrected chi connectivity index (χ0v) is 8.08. The first-order chi connectivity index (χ1) is 6.72. The first kappa shape index (κ1) is 10.5. The third-order valence-electron chi connectivity index (χ3n) is 1.58. The molecule has 2 amide bonds. The van der Waals surface area contributed by atoms with Crippen LogP contribution in [0.2, 0.25) is 0 Å². The van der Waals surface area contributed by atoms with E-state index in [1.165, 1.54) is 0 Å². The number of aromatic nitrogens is 1. The quantitative estimate of drug-likeness (QED) is 0.654. The number of anilines is 1. The molecule has 0 atom stereocenters. The maximum absolute atomic E-state index is 11.1. The van der Waals surface area contributed by atoms with Gasteiger partial charge in [-0.05, 0) is 18.6 Å². The standard InChI is InChI=1S/C9H14N4O/c1-7-2-3-8(12-6-7)13-9(14)11-5-4-10/h2-3,6H,4-5,10H2,1H3,(H2,11,12,13,14). The van der Waals surface area contributed by atoms with E-state index in [2.05, 4.69) is 15.6 Å². The predicted octanol–water partition coefficient (Wildman–Crippen LogP) is 0.470. The Bertz CT molecular complexity index is 296. The maximum Gasteiger partial charge on any atom is 0.320 e. The van der Waals surface area contributed by atoms with Crippen molar-refractivity contribution in [3.63, 3.8) is 0 Å². The molecule has 1 heterocycles. The van der Waals surface area contributed by atoms with Gasteiger partial charge in [-0.15, -0.1) is 0 Å². The Morgan fingerprint density at radius 1 is 1.57 bits per heavy atom. The summed E-state index contributed by atoms with van der Waals surface area (Å²) >= 11 is 0. The summed E-state index contributed by atoms with van der Waals surface area (Å²) in [7, 11) is 0. The van der Waals surface area contributed by atoms with Crippen molar-refractivity contribution >= 4 is 11.8 Å². The molecule has 0 unspecified atom stereocenters. The van der Waals surface area contributed by atoms with E-state index in [1.54, 1.807) is 12.3 Å². The summed E-state index contributed by atoms with van der Waals surface area (Å²) in [6.07, 6.45) is 1.69. The van der Waals surface area contributed by atoms with Gasteiger partial charge in [0.2, 0.25) is 0 Å². The van der Waals surface area contributed by atoms with Crippen molar-refractivity contribution in [2.24, 2.45) is 5.73 Å². The largest absolute Gasteiger partial charge is 0.337 e. The highest BCUT2D eigenvalue weighted by Gasteiger charge is 1.99. The molecule has 1 rings (SSSR count). The second-order valence-corrected chi connectivity index (χ2v) is 2.89. The minimum Gasteiger partial charge on any atom is -0.337 e. The van der Waals surface area contributed by atoms with Crippen LogP contribution >= 0.6 is 0 Å². The van der Waals surface area contributed by atoms with Crippen LogP contribution in [-0.4, -0.2) is 24.1 Å². The van der Waals surface area contributed by atoms with E-state index in [-0.39, 0.29) is 6.03 Å². The van der Waals surface area contributed by atoms with E-state index in [0.717, 1.165) is 5.56 Å². The number of amides is 2. The fourth-order valence-corrected chi connectivity index (χ4v) is 0.888. The van der Waals surface area contributed by atoms with E-state index in [9.17, 15) is 4.79 Å². The molecule has 0 spiro atoms. The number of rotatable bonds is 3. The molecule has 0 bridgehead atoms. The lowest BCUT2D eigenvalue weighted by Crippen LogP contribution is -2.33. The molecule has 0 aromatic carbocycles. The molecular formula is C9H14N4O. The SMILES string of the molecule is Cc1ccc(NC(=O)NCCN)nc1. The number of carbonyl (C=O) groups excluding carboxylic acids is 1. The Kier molecular flexibility index (Phi) is 3.87. The van der Waals surface area contributed by atoms with Gasteiger partial charge >= 0.3 is 6.03 Å². The second kappa shape index (κ2) is 5.18. The van der Waals surface area contributed by atoms with Crippen LogP contribution in [0.3, 0.4) is 0 Å². The second-order valence-electron chi connectivity index (χ2n) is 2.89. The van der Waals surface area contributed by atoms with Crippen LogP contribution < -0.4 is 16.4 Å². The number of nitrogens with two attached hydrogens (primary N) is 1. The molecule has 76 valence electrons. The van der Waals surface area contributed by atoms with Gasteiger partial charge in [0, 0.05) is 19.3 Å². The third kappa shape index (κ3) is 3.40. The summed E-state index contributed by atoms with van der Waals surface area (Å²) in [6, 6.07) is 3.34. The predicted molar refractivity (Wildman–Crippen MR) is 55.0 cm³/mol. The van der Waals surface area contributed by atoms with Gasteiger partial charge < -0.3 is 11.1 Å². The smallest absolute Gasteiger partial charge is 0.320 e. The summed E-state index contributed by atoms with van der Waals surface area (Å²) in [6.45, 7) is 2.82. The monoisotopic (exact) mass is 194 g/mol. The molecular weight excluding hydrogens is 180 g/mol. The molecule has 0 saturated heterocycles. The van der Waals surface area contributed by atoms with Crippen molar-refractivity contribution in [3.05, 3.63) is 23.9 Å². The molecule has 5 heteroatoms. The normalized spacial score (nSPS) is 9.57. The topological polar surface area (TPSA) is 80.0 Å². The zero-order chi connectivity index (χ0) is 10.4. The van der Waals surface area contributed by atoms with Crippen LogP contribution in [0.15, 0.2) is 18.3 Å². The number of pyridine rings is 1. The first-order valence-electron chi connectivity index (χ1n) is 4.40. The van der Waals surface area contributed by atoms with E-state index in [0.29, 0.717) is 18.9 Å². The van der Waals surface area contributed by atoms with Crippen molar-refractivity contribution in [1.29, 1.82) is 0 Å². The highest BCUT2D eigenvalue weighted by Crippen LogP contribution is 2.02. The van der Waals surface area contributed by atoms with Gasteiger partial charge in [0.25, 0.3) is 0 Å². The number of carbonyl (C=O) groups is 1. The number of aryl methyl sites for hydroxylation is 1. The summed E-state index contributed by atoms with van der Waals surface area (Å²) in [5, 5.41) is 5.17. The molecule has 5 nitrogen and oxygen atoms in total. The van der Waals surface area contributed by atoms with E-state index < -0.39 is 0 Å². The highest BCUT2D eigenvalue weighted by molar-refractivity contribution is 5.88. The van der Waals surface area contributed by atoms with E-state index in [4.69, 9.17) is 5.73 Å². The molecule has 14 heavy (non-hydrogen) atoms. The van der Waals surface area contributed by atoms with Gasteiger partial charge in [-0.2, -0.15) is 0 Å². The summed E-state index contributed by atoms with van der Waals surface area (Å²) in [5.41, 5.74) is 6.29. The van der Waals surface area contributed by atoms with Crippen LogP contribution in [0.5, 0.6) is 0 Å². The Labute approximate surface area is 82.7 Å². The van der Waals surface area contributed by atoms with Crippen LogP contribution in [0.1, 0.15) is 5.56 Å². The van der Waals surface area contributed by atoms with Crippen LogP contribution in [-0.2, 0) is 0 Å². The van der Waals surface area contributed by atoms with Gasteiger partial charge in [0.1, 0.15) is 5.82 Å². The van der Waals surface area contributed by atoms with Crippen molar-refractivity contribution < 1.29 is 4.79 Å². The molecule has 1 aromatic rings. The van der Waals surface area contributed by atoms with Gasteiger partial charge in [0.15, 0.2) is 0 Å². The van der Waals surface area contributed by atoms with Crippen LogP contribution in [0.25, 0.3) is 0 Å². The summed E-state index contributed by atoms with van der Waals surface area (Å²) in [5.74, 6) is 0.533. The fraction of sp³-hybridized carbons (Fsp3) is 0.333. The third-order valence-corrected chi connectivity index (χ3v) is 1.58. The average molecular weight is 194 g/mol. The number of hydrogen-bond donors (Lipinski definition) is 3. The molecule has 0 aliphatic rings. The van der Waals surface area contributed by atoms with Crippen molar-refractivity contribution in [2.45, 2.75) is 6.92 Å². The van der Waals surface area contributed by atoms with Crippen molar-refractivity contribution in [2.75, 3.05) is 18.4 Å². The molecule has 4 N–H and O–H groups in total. The molecule has 0 aliphatic carbocycles. The highest BCUT2D eigenvalue weighted by atomic mass is 16.2. The van der Waals surface area contributed by atoms with Crippen molar-refractivity contribution in [1.82, 2.24) is 10.3 Å². The molecule has 1 aromatic heterocycles. The lowest BCUT2D eigenvalue weighted by Gasteiger charge is -2.05. The number of hydrogen-bond acceptors (Lipinski definition) is 3. The Balaban J connectivity index is 2.44. The molecule has 0 fully saturated rings. The fourth-order valence-electron chi connectivity index (χ4n) is 0.888. The number of urea groups is 1. The Hall–Kier alpha value is -1.62. The Morgan fingerprint density at radius 3 is 2.93 bits per heavy atom.